The molecule has 6 heteroatoms. The van der Waals surface area contributed by atoms with Gasteiger partial charge in [0.25, 0.3) is 5.91 Å². The highest BCUT2D eigenvalue weighted by Crippen LogP contribution is 2.49. The van der Waals surface area contributed by atoms with Crippen molar-refractivity contribution in [2.24, 2.45) is 17.8 Å². The van der Waals surface area contributed by atoms with E-state index < -0.39 is 11.9 Å². The predicted octanol–water partition coefficient (Wildman–Crippen LogP) is 3.09. The standard InChI is InChI=1S/C20H25NO5/c1-12-3-5-15(20(24)25-2)9-17(12)21-18(22)11-26-19(23)10-16-8-13-4-6-14(16)7-13/h3,5,9,13-14,16H,4,6-8,10-11H2,1-2H3,(H,21,22)/t13-,14-,16-/m1/s1. The maximum atomic E-state index is 12.1. The molecule has 2 aliphatic carbocycles. The summed E-state index contributed by atoms with van der Waals surface area (Å²) in [4.78, 5) is 35.7. The highest BCUT2D eigenvalue weighted by atomic mass is 16.5. The van der Waals surface area contributed by atoms with Crippen molar-refractivity contribution in [2.45, 2.75) is 39.0 Å². The fourth-order valence-corrected chi connectivity index (χ4v) is 4.23. The second-order valence-corrected chi connectivity index (χ2v) is 7.37. The summed E-state index contributed by atoms with van der Waals surface area (Å²) in [6.45, 7) is 1.50. The number of nitrogens with one attached hydrogen (secondary N) is 1. The molecule has 3 atom stereocenters. The Labute approximate surface area is 153 Å². The zero-order valence-electron chi connectivity index (χ0n) is 15.2. The normalized spacial score (nSPS) is 23.5. The van der Waals surface area contributed by atoms with E-state index in [0.717, 1.165) is 17.9 Å². The van der Waals surface area contributed by atoms with Crippen molar-refractivity contribution in [3.05, 3.63) is 29.3 Å². The minimum absolute atomic E-state index is 0.308. The summed E-state index contributed by atoms with van der Waals surface area (Å²) in [7, 11) is 1.30. The molecule has 2 bridgehead atoms. The van der Waals surface area contributed by atoms with Gasteiger partial charge in [-0.15, -0.1) is 0 Å². The van der Waals surface area contributed by atoms with Gasteiger partial charge in [0.1, 0.15) is 0 Å². The number of fused-ring (bicyclic) bond motifs is 2. The third-order valence-electron chi connectivity index (χ3n) is 5.61. The molecule has 0 aliphatic heterocycles. The Morgan fingerprint density at radius 2 is 2.00 bits per heavy atom. The van der Waals surface area contributed by atoms with Crippen LogP contribution in [0.2, 0.25) is 0 Å². The molecule has 1 aromatic carbocycles. The van der Waals surface area contributed by atoms with E-state index >= 15 is 0 Å². The lowest BCUT2D eigenvalue weighted by Crippen LogP contribution is -2.23. The quantitative estimate of drug-likeness (QED) is 0.789. The zero-order chi connectivity index (χ0) is 18.7. The Kier molecular flexibility index (Phi) is 5.59. The van der Waals surface area contributed by atoms with Crippen molar-refractivity contribution < 1.29 is 23.9 Å². The maximum Gasteiger partial charge on any atom is 0.337 e. The average molecular weight is 359 g/mol. The van der Waals surface area contributed by atoms with Gasteiger partial charge < -0.3 is 14.8 Å². The highest BCUT2D eigenvalue weighted by molar-refractivity contribution is 5.96. The Hall–Kier alpha value is -2.37. The van der Waals surface area contributed by atoms with Gasteiger partial charge in [-0.05, 0) is 61.6 Å². The van der Waals surface area contributed by atoms with Gasteiger partial charge in [-0.1, -0.05) is 12.5 Å². The largest absolute Gasteiger partial charge is 0.465 e. The van der Waals surface area contributed by atoms with Gasteiger partial charge in [0.15, 0.2) is 6.61 Å². The van der Waals surface area contributed by atoms with Crippen LogP contribution in [0.25, 0.3) is 0 Å². The van der Waals surface area contributed by atoms with Crippen LogP contribution in [-0.2, 0) is 19.1 Å². The van der Waals surface area contributed by atoms with Gasteiger partial charge in [-0.25, -0.2) is 4.79 Å². The SMILES string of the molecule is COC(=O)c1ccc(C)c(NC(=O)COC(=O)C[C@H]2C[C@@H]3CC[C@@H]2C3)c1. The molecule has 3 rings (SSSR count). The zero-order valence-corrected chi connectivity index (χ0v) is 15.2. The third kappa shape index (κ3) is 4.23. The number of hydrogen-bond acceptors (Lipinski definition) is 5. The number of carbonyl (C=O) groups is 3. The molecule has 2 fully saturated rings. The summed E-state index contributed by atoms with van der Waals surface area (Å²) in [5.41, 5.74) is 1.66. The summed E-state index contributed by atoms with van der Waals surface area (Å²) < 4.78 is 9.82. The monoisotopic (exact) mass is 359 g/mol. The van der Waals surface area contributed by atoms with E-state index in [1.165, 1.54) is 26.4 Å². The van der Waals surface area contributed by atoms with Crippen LogP contribution in [0.4, 0.5) is 5.69 Å². The second-order valence-electron chi connectivity index (χ2n) is 7.37. The average Bonchev–Trinajstić information content (AvgIpc) is 3.24. The van der Waals surface area contributed by atoms with Gasteiger partial charge in [-0.3, -0.25) is 9.59 Å². The van der Waals surface area contributed by atoms with E-state index in [1.807, 2.05) is 6.92 Å². The van der Waals surface area contributed by atoms with Crippen LogP contribution >= 0.6 is 0 Å². The first-order valence-electron chi connectivity index (χ1n) is 9.10. The molecule has 0 unspecified atom stereocenters. The van der Waals surface area contributed by atoms with Crippen LogP contribution in [0.5, 0.6) is 0 Å². The number of rotatable bonds is 6. The Balaban J connectivity index is 1.48. The van der Waals surface area contributed by atoms with Gasteiger partial charge in [-0.2, -0.15) is 0 Å². The molecule has 6 nitrogen and oxygen atoms in total. The molecule has 2 aliphatic rings. The van der Waals surface area contributed by atoms with E-state index in [9.17, 15) is 14.4 Å². The molecule has 0 spiro atoms. The number of methoxy groups -OCH3 is 1. The van der Waals surface area contributed by atoms with Crippen LogP contribution in [-0.4, -0.2) is 31.6 Å². The van der Waals surface area contributed by atoms with Crippen LogP contribution < -0.4 is 5.32 Å². The van der Waals surface area contributed by atoms with Crippen molar-refractivity contribution in [3.8, 4) is 0 Å². The lowest BCUT2D eigenvalue weighted by molar-refractivity contribution is -0.148. The molecule has 140 valence electrons. The number of benzene rings is 1. The molecule has 1 N–H and O–H groups in total. The van der Waals surface area contributed by atoms with E-state index in [4.69, 9.17) is 4.74 Å². The van der Waals surface area contributed by atoms with Crippen LogP contribution in [0.15, 0.2) is 18.2 Å². The van der Waals surface area contributed by atoms with E-state index in [1.54, 1.807) is 18.2 Å². The molecule has 0 heterocycles. The highest BCUT2D eigenvalue weighted by Gasteiger charge is 2.40. The first-order chi connectivity index (χ1) is 12.5. The summed E-state index contributed by atoms with van der Waals surface area (Å²) in [5, 5.41) is 2.68. The number of hydrogen-bond donors (Lipinski definition) is 1. The van der Waals surface area contributed by atoms with Gasteiger partial charge in [0.05, 0.1) is 12.7 Å². The number of esters is 2. The number of aryl methyl sites for hydroxylation is 1. The molecule has 2 saturated carbocycles. The Bertz CT molecular complexity index is 714. The second kappa shape index (κ2) is 7.89. The number of carbonyl (C=O) groups excluding carboxylic acids is 3. The molecular weight excluding hydrogens is 334 g/mol. The Morgan fingerprint density at radius 3 is 2.65 bits per heavy atom. The van der Waals surface area contributed by atoms with Crippen LogP contribution in [0.3, 0.4) is 0 Å². The van der Waals surface area contributed by atoms with E-state index in [0.29, 0.717) is 29.5 Å². The first kappa shape index (κ1) is 18.4. The maximum absolute atomic E-state index is 12.1. The van der Waals surface area contributed by atoms with Crippen molar-refractivity contribution in [1.82, 2.24) is 0 Å². The molecule has 26 heavy (non-hydrogen) atoms. The van der Waals surface area contributed by atoms with Gasteiger partial charge in [0, 0.05) is 12.1 Å². The van der Waals surface area contributed by atoms with E-state index in [-0.39, 0.29) is 12.6 Å². The fourth-order valence-electron chi connectivity index (χ4n) is 4.23. The Morgan fingerprint density at radius 1 is 1.19 bits per heavy atom. The predicted molar refractivity (Wildman–Crippen MR) is 95.7 cm³/mol. The van der Waals surface area contributed by atoms with Crippen molar-refractivity contribution in [1.29, 1.82) is 0 Å². The fraction of sp³-hybridized carbons (Fsp3) is 0.550. The molecular formula is C20H25NO5. The first-order valence-corrected chi connectivity index (χ1v) is 9.10. The molecule has 1 aromatic rings. The van der Waals surface area contributed by atoms with Gasteiger partial charge >= 0.3 is 11.9 Å². The summed E-state index contributed by atoms with van der Waals surface area (Å²) in [6, 6.07) is 4.91. The topological polar surface area (TPSA) is 81.7 Å². The number of ether oxygens (including phenoxy) is 2. The summed E-state index contributed by atoms with van der Waals surface area (Å²) in [6.07, 6.45) is 5.28. The molecule has 1 amide bonds. The minimum atomic E-state index is -0.474. The molecule has 0 saturated heterocycles. The van der Waals surface area contributed by atoms with Crippen molar-refractivity contribution in [3.63, 3.8) is 0 Å². The molecule has 0 aromatic heterocycles. The summed E-state index contributed by atoms with van der Waals surface area (Å²) in [5.74, 6) is 0.659. The van der Waals surface area contributed by atoms with Crippen molar-refractivity contribution >= 4 is 23.5 Å². The smallest absolute Gasteiger partial charge is 0.337 e. The van der Waals surface area contributed by atoms with Gasteiger partial charge in [0.2, 0.25) is 0 Å². The minimum Gasteiger partial charge on any atom is -0.465 e. The van der Waals surface area contributed by atoms with Crippen LogP contribution in [0, 0.1) is 24.7 Å². The summed E-state index contributed by atoms with van der Waals surface area (Å²) >= 11 is 0. The number of anilines is 1. The van der Waals surface area contributed by atoms with E-state index in [2.05, 4.69) is 10.1 Å². The molecule has 0 radical (unpaired) electrons. The lowest BCUT2D eigenvalue weighted by atomic mass is 9.86. The number of amides is 1. The lowest BCUT2D eigenvalue weighted by Gasteiger charge is -2.20. The third-order valence-corrected chi connectivity index (χ3v) is 5.61. The van der Waals surface area contributed by atoms with Crippen LogP contribution in [0.1, 0.15) is 48.0 Å². The van der Waals surface area contributed by atoms with Crippen molar-refractivity contribution in [2.75, 3.05) is 19.0 Å².